The topological polar surface area (TPSA) is 12.9 Å². The molecule has 0 aliphatic rings. The van der Waals surface area contributed by atoms with E-state index >= 15 is 0 Å². The summed E-state index contributed by atoms with van der Waals surface area (Å²) in [5.41, 5.74) is 1.16. The van der Waals surface area contributed by atoms with E-state index in [1.165, 1.54) is 12.6 Å². The molecule has 0 N–H and O–H groups in total. The molecule has 0 saturated heterocycles. The van der Waals surface area contributed by atoms with Crippen LogP contribution >= 0.6 is 15.9 Å². The van der Waals surface area contributed by atoms with Gasteiger partial charge in [0.1, 0.15) is 0 Å². The Morgan fingerprint density at radius 2 is 1.67 bits per heavy atom. The van der Waals surface area contributed by atoms with Gasteiger partial charge in [-0.05, 0) is 0 Å². The van der Waals surface area contributed by atoms with Gasteiger partial charge in [0.2, 0.25) is 0 Å². The third kappa shape index (κ3) is 2.59. The maximum absolute atomic E-state index is 4.52. The van der Waals surface area contributed by atoms with Crippen molar-refractivity contribution in [2.45, 2.75) is 0 Å². The standard InChI is InChI=1S/C15H10BrNTe/c16-12-6-8-13(9-7-12)18-14-5-1-3-11-4-2-10-17-15(11)14/h1-10H. The molecule has 3 rings (SSSR count). The number of para-hydroxylation sites is 1. The van der Waals surface area contributed by atoms with Crippen LogP contribution in [0.2, 0.25) is 0 Å². The van der Waals surface area contributed by atoms with Crippen LogP contribution in [0.4, 0.5) is 0 Å². The van der Waals surface area contributed by atoms with Gasteiger partial charge >= 0.3 is 125 Å². The molecule has 3 heteroatoms. The molecule has 0 spiro atoms. The predicted octanol–water partition coefficient (Wildman–Crippen LogP) is 2.65. The maximum atomic E-state index is 4.52. The molecule has 0 unspecified atom stereocenters. The SMILES string of the molecule is Brc1ccc([Te]c2cccc3cccnc23)cc1. The average molecular weight is 412 g/mol. The van der Waals surface area contributed by atoms with E-state index in [1.54, 1.807) is 0 Å². The summed E-state index contributed by atoms with van der Waals surface area (Å²) in [6.45, 7) is 0. The number of aromatic nitrogens is 1. The van der Waals surface area contributed by atoms with Crippen molar-refractivity contribution in [2.75, 3.05) is 0 Å². The zero-order chi connectivity index (χ0) is 12.4. The minimum absolute atomic E-state index is 0.367. The van der Waals surface area contributed by atoms with Crippen molar-refractivity contribution >= 4 is 55.0 Å². The Hall–Kier alpha value is -0.880. The molecule has 1 heterocycles. The van der Waals surface area contributed by atoms with E-state index in [9.17, 15) is 0 Å². The van der Waals surface area contributed by atoms with Gasteiger partial charge in [0, 0.05) is 0 Å². The average Bonchev–Trinajstić information content (AvgIpc) is 2.42. The zero-order valence-corrected chi connectivity index (χ0v) is 13.4. The molecular formula is C15H10BrNTe. The van der Waals surface area contributed by atoms with E-state index in [1.807, 2.05) is 12.3 Å². The Morgan fingerprint density at radius 3 is 2.50 bits per heavy atom. The monoisotopic (exact) mass is 413 g/mol. The molecule has 18 heavy (non-hydrogen) atoms. The van der Waals surface area contributed by atoms with Gasteiger partial charge < -0.3 is 0 Å². The van der Waals surface area contributed by atoms with Crippen molar-refractivity contribution in [3.63, 3.8) is 0 Å². The summed E-state index contributed by atoms with van der Waals surface area (Å²) in [4.78, 5) is 4.52. The second kappa shape index (κ2) is 5.40. The van der Waals surface area contributed by atoms with Crippen LogP contribution in [0.5, 0.6) is 0 Å². The van der Waals surface area contributed by atoms with Gasteiger partial charge in [-0.25, -0.2) is 0 Å². The van der Waals surface area contributed by atoms with Gasteiger partial charge in [0.05, 0.1) is 0 Å². The van der Waals surface area contributed by atoms with Crippen LogP contribution in [-0.4, -0.2) is 25.9 Å². The molecule has 0 aliphatic heterocycles. The van der Waals surface area contributed by atoms with E-state index in [0.717, 1.165) is 9.99 Å². The summed E-state index contributed by atoms with van der Waals surface area (Å²) in [7, 11) is 0. The normalized spacial score (nSPS) is 10.7. The van der Waals surface area contributed by atoms with Gasteiger partial charge in [0.25, 0.3) is 0 Å². The van der Waals surface area contributed by atoms with Crippen molar-refractivity contribution in [1.29, 1.82) is 0 Å². The third-order valence-corrected chi connectivity index (χ3v) is 6.18. The van der Waals surface area contributed by atoms with Crippen LogP contribution < -0.4 is 7.22 Å². The summed E-state index contributed by atoms with van der Waals surface area (Å²) in [5, 5.41) is 1.23. The number of halogens is 1. The molecule has 1 nitrogen and oxygen atoms in total. The van der Waals surface area contributed by atoms with Crippen molar-refractivity contribution in [3.8, 4) is 0 Å². The molecular weight excluding hydrogens is 402 g/mol. The summed E-state index contributed by atoms with van der Waals surface area (Å²) in [6, 6.07) is 19.2. The molecule has 0 radical (unpaired) electrons. The first-order chi connectivity index (χ1) is 8.83. The summed E-state index contributed by atoms with van der Waals surface area (Å²) < 4.78 is 3.97. The van der Waals surface area contributed by atoms with Crippen molar-refractivity contribution in [1.82, 2.24) is 4.98 Å². The molecule has 0 fully saturated rings. The van der Waals surface area contributed by atoms with E-state index in [-0.39, 0.29) is 20.9 Å². The van der Waals surface area contributed by atoms with Gasteiger partial charge in [-0.1, -0.05) is 0 Å². The first-order valence-corrected chi connectivity index (χ1v) is 8.72. The molecule has 2 aromatic carbocycles. The van der Waals surface area contributed by atoms with E-state index in [4.69, 9.17) is 0 Å². The van der Waals surface area contributed by atoms with E-state index in [2.05, 4.69) is 69.4 Å². The number of fused-ring (bicyclic) bond motifs is 1. The molecule has 0 bridgehead atoms. The predicted molar refractivity (Wildman–Crippen MR) is 80.9 cm³/mol. The zero-order valence-electron chi connectivity index (χ0n) is 9.51. The first-order valence-electron chi connectivity index (χ1n) is 5.60. The second-order valence-corrected chi connectivity index (χ2v) is 7.99. The third-order valence-electron chi connectivity index (χ3n) is 2.64. The van der Waals surface area contributed by atoms with Gasteiger partial charge in [-0.3, -0.25) is 0 Å². The number of nitrogens with zero attached hydrogens (tertiary/aromatic N) is 1. The molecule has 0 amide bonds. The molecule has 1 aromatic heterocycles. The fourth-order valence-corrected chi connectivity index (χ4v) is 4.74. The number of hydrogen-bond donors (Lipinski definition) is 0. The Balaban J connectivity index is 2.02. The second-order valence-electron chi connectivity index (χ2n) is 3.89. The molecule has 3 aromatic rings. The Bertz CT molecular complexity index is 674. The van der Waals surface area contributed by atoms with Gasteiger partial charge in [-0.2, -0.15) is 0 Å². The molecule has 88 valence electrons. The minimum atomic E-state index is -0.367. The van der Waals surface area contributed by atoms with Crippen LogP contribution in [0.1, 0.15) is 0 Å². The number of rotatable bonds is 2. The molecule has 0 atom stereocenters. The Morgan fingerprint density at radius 1 is 0.889 bits per heavy atom. The van der Waals surface area contributed by atoms with E-state index in [0.29, 0.717) is 0 Å². The fraction of sp³-hybridized carbons (Fsp3) is 0. The molecule has 0 saturated carbocycles. The number of hydrogen-bond acceptors (Lipinski definition) is 1. The van der Waals surface area contributed by atoms with Gasteiger partial charge in [-0.15, -0.1) is 0 Å². The van der Waals surface area contributed by atoms with Crippen LogP contribution in [0, 0.1) is 0 Å². The van der Waals surface area contributed by atoms with Crippen molar-refractivity contribution in [2.24, 2.45) is 0 Å². The quantitative estimate of drug-likeness (QED) is 0.591. The van der Waals surface area contributed by atoms with Crippen LogP contribution in [0.3, 0.4) is 0 Å². The van der Waals surface area contributed by atoms with Crippen LogP contribution in [0.25, 0.3) is 10.9 Å². The first kappa shape index (κ1) is 12.2. The number of pyridine rings is 1. The summed E-state index contributed by atoms with van der Waals surface area (Å²) in [6.07, 6.45) is 1.88. The van der Waals surface area contributed by atoms with Crippen molar-refractivity contribution in [3.05, 3.63) is 65.3 Å². The van der Waals surface area contributed by atoms with Crippen molar-refractivity contribution < 1.29 is 0 Å². The summed E-state index contributed by atoms with van der Waals surface area (Å²) in [5.74, 6) is 0. The fourth-order valence-electron chi connectivity index (χ4n) is 1.79. The van der Waals surface area contributed by atoms with Crippen LogP contribution in [0.15, 0.2) is 65.3 Å². The Kier molecular flexibility index (Phi) is 3.65. The molecule has 0 aliphatic carbocycles. The van der Waals surface area contributed by atoms with Crippen LogP contribution in [-0.2, 0) is 0 Å². The van der Waals surface area contributed by atoms with E-state index < -0.39 is 0 Å². The summed E-state index contributed by atoms with van der Waals surface area (Å²) >= 11 is 3.11. The number of benzene rings is 2. The Labute approximate surface area is 124 Å². The van der Waals surface area contributed by atoms with Gasteiger partial charge in [0.15, 0.2) is 0 Å².